The average molecular weight is 205 g/mol. The number of amides is 1. The molecule has 1 amide bonds. The van der Waals surface area contributed by atoms with Crippen molar-refractivity contribution in [1.29, 1.82) is 0 Å². The molecule has 0 aromatic heterocycles. The predicted octanol–water partition coefficient (Wildman–Crippen LogP) is -2.05. The summed E-state index contributed by atoms with van der Waals surface area (Å²) in [4.78, 5) is 10.8. The molecule has 6 nitrogen and oxygen atoms in total. The number of ether oxygens (including phenoxy) is 1. The number of aliphatic hydroxyl groups excluding tert-OH is 3. The molecular formula is C8H15NO5. The molecule has 0 bridgehead atoms. The Hall–Kier alpha value is -0.690. The van der Waals surface area contributed by atoms with Gasteiger partial charge in [0.05, 0.1) is 12.1 Å². The zero-order valence-corrected chi connectivity index (χ0v) is 8.04. The van der Waals surface area contributed by atoms with E-state index in [4.69, 9.17) is 4.74 Å². The molecule has 1 aliphatic rings. The minimum atomic E-state index is -1.38. The molecule has 1 heterocycles. The highest BCUT2D eigenvalue weighted by molar-refractivity contribution is 5.73. The van der Waals surface area contributed by atoms with E-state index in [1.165, 1.54) is 6.92 Å². The SMILES string of the molecule is CC(=O)N[C@H]1[C@@H](O)[C@H](O)O[C@@H](C)[C@H]1O. The quantitative estimate of drug-likeness (QED) is 0.395. The molecule has 0 unspecified atom stereocenters. The summed E-state index contributed by atoms with van der Waals surface area (Å²) in [5.41, 5.74) is 0. The second-order valence-electron chi connectivity index (χ2n) is 3.44. The van der Waals surface area contributed by atoms with Gasteiger partial charge in [0.25, 0.3) is 0 Å². The lowest BCUT2D eigenvalue weighted by molar-refractivity contribution is -0.251. The molecule has 5 atom stereocenters. The summed E-state index contributed by atoms with van der Waals surface area (Å²) in [6, 6.07) is -0.897. The highest BCUT2D eigenvalue weighted by atomic mass is 16.6. The van der Waals surface area contributed by atoms with Gasteiger partial charge in [-0.1, -0.05) is 0 Å². The lowest BCUT2D eigenvalue weighted by Crippen LogP contribution is -2.62. The Morgan fingerprint density at radius 2 is 1.86 bits per heavy atom. The van der Waals surface area contributed by atoms with Crippen molar-refractivity contribution in [1.82, 2.24) is 5.32 Å². The van der Waals surface area contributed by atoms with E-state index in [2.05, 4.69) is 5.32 Å². The van der Waals surface area contributed by atoms with Crippen molar-refractivity contribution in [3.8, 4) is 0 Å². The number of hydrogen-bond donors (Lipinski definition) is 4. The molecule has 0 spiro atoms. The molecule has 0 saturated carbocycles. The second-order valence-corrected chi connectivity index (χ2v) is 3.44. The van der Waals surface area contributed by atoms with Crippen LogP contribution in [-0.4, -0.2) is 51.9 Å². The summed E-state index contributed by atoms with van der Waals surface area (Å²) in [6.45, 7) is 2.82. The van der Waals surface area contributed by atoms with Gasteiger partial charge in [-0.05, 0) is 6.92 Å². The first-order valence-electron chi connectivity index (χ1n) is 4.40. The van der Waals surface area contributed by atoms with Crippen molar-refractivity contribution in [2.75, 3.05) is 0 Å². The molecule has 1 aliphatic heterocycles. The van der Waals surface area contributed by atoms with Crippen molar-refractivity contribution in [2.24, 2.45) is 0 Å². The Labute approximate surface area is 81.5 Å². The average Bonchev–Trinajstić information content (AvgIpc) is 2.09. The number of hydrogen-bond acceptors (Lipinski definition) is 5. The Morgan fingerprint density at radius 1 is 1.29 bits per heavy atom. The summed E-state index contributed by atoms with van der Waals surface area (Å²) >= 11 is 0. The molecular weight excluding hydrogens is 190 g/mol. The highest BCUT2D eigenvalue weighted by Gasteiger charge is 2.42. The smallest absolute Gasteiger partial charge is 0.217 e. The maximum atomic E-state index is 10.8. The molecule has 6 heteroatoms. The number of aliphatic hydroxyl groups is 3. The van der Waals surface area contributed by atoms with Gasteiger partial charge < -0.3 is 25.4 Å². The van der Waals surface area contributed by atoms with Crippen molar-refractivity contribution < 1.29 is 24.9 Å². The van der Waals surface area contributed by atoms with Crippen LogP contribution < -0.4 is 5.32 Å². The maximum absolute atomic E-state index is 10.8. The van der Waals surface area contributed by atoms with E-state index in [0.29, 0.717) is 0 Å². The van der Waals surface area contributed by atoms with Gasteiger partial charge in [0, 0.05) is 6.92 Å². The van der Waals surface area contributed by atoms with E-state index in [1.807, 2.05) is 0 Å². The lowest BCUT2D eigenvalue weighted by atomic mass is 9.97. The standard InChI is InChI=1S/C8H15NO5/c1-3-6(11)5(9-4(2)10)7(12)8(13)14-3/h3,5-8,11-13H,1-2H3,(H,9,10)/t3-,5+,6+,7+,8+/m0/s1. The van der Waals surface area contributed by atoms with Crippen LogP contribution in [0.2, 0.25) is 0 Å². The highest BCUT2D eigenvalue weighted by Crippen LogP contribution is 2.19. The molecule has 0 aromatic rings. The third-order valence-electron chi connectivity index (χ3n) is 2.23. The fourth-order valence-corrected chi connectivity index (χ4v) is 1.46. The molecule has 1 saturated heterocycles. The third-order valence-corrected chi connectivity index (χ3v) is 2.23. The van der Waals surface area contributed by atoms with E-state index in [1.54, 1.807) is 6.92 Å². The topological polar surface area (TPSA) is 99.0 Å². The molecule has 82 valence electrons. The molecule has 0 aliphatic carbocycles. The largest absolute Gasteiger partial charge is 0.388 e. The van der Waals surface area contributed by atoms with Gasteiger partial charge in [-0.2, -0.15) is 0 Å². The van der Waals surface area contributed by atoms with Gasteiger partial charge in [0.2, 0.25) is 5.91 Å². The van der Waals surface area contributed by atoms with Gasteiger partial charge in [-0.15, -0.1) is 0 Å². The molecule has 1 fully saturated rings. The summed E-state index contributed by atoms with van der Waals surface area (Å²) in [5, 5.41) is 30.6. The van der Waals surface area contributed by atoms with Crippen LogP contribution in [-0.2, 0) is 9.53 Å². The lowest BCUT2D eigenvalue weighted by Gasteiger charge is -2.39. The molecule has 14 heavy (non-hydrogen) atoms. The molecule has 1 rings (SSSR count). The fraction of sp³-hybridized carbons (Fsp3) is 0.875. The molecule has 4 N–H and O–H groups in total. The van der Waals surface area contributed by atoms with Crippen LogP contribution in [0.5, 0.6) is 0 Å². The predicted molar refractivity (Wildman–Crippen MR) is 46.2 cm³/mol. The van der Waals surface area contributed by atoms with Crippen LogP contribution in [0.1, 0.15) is 13.8 Å². The number of nitrogens with one attached hydrogen (secondary N) is 1. The van der Waals surface area contributed by atoms with E-state index in [0.717, 1.165) is 0 Å². The van der Waals surface area contributed by atoms with Gasteiger partial charge in [-0.25, -0.2) is 0 Å². The van der Waals surface area contributed by atoms with Gasteiger partial charge in [0.1, 0.15) is 12.2 Å². The minimum absolute atomic E-state index is 0.380. The van der Waals surface area contributed by atoms with E-state index in [-0.39, 0.29) is 5.91 Å². The molecule has 0 radical (unpaired) electrons. The normalized spacial score (nSPS) is 43.4. The summed E-state index contributed by atoms with van der Waals surface area (Å²) in [5.74, 6) is -0.380. The summed E-state index contributed by atoms with van der Waals surface area (Å²) < 4.78 is 4.83. The Balaban J connectivity index is 2.71. The Morgan fingerprint density at radius 3 is 2.36 bits per heavy atom. The number of carbonyl (C=O) groups is 1. The van der Waals surface area contributed by atoms with Crippen molar-refractivity contribution >= 4 is 5.91 Å². The minimum Gasteiger partial charge on any atom is -0.388 e. The Bertz CT molecular complexity index is 208. The van der Waals surface area contributed by atoms with Gasteiger partial charge >= 0.3 is 0 Å². The van der Waals surface area contributed by atoms with Crippen LogP contribution in [0.4, 0.5) is 0 Å². The van der Waals surface area contributed by atoms with Crippen LogP contribution in [0.25, 0.3) is 0 Å². The van der Waals surface area contributed by atoms with Crippen LogP contribution in [0.15, 0.2) is 0 Å². The maximum Gasteiger partial charge on any atom is 0.217 e. The number of carbonyl (C=O) groups excluding carboxylic acids is 1. The zero-order valence-electron chi connectivity index (χ0n) is 8.04. The van der Waals surface area contributed by atoms with E-state index >= 15 is 0 Å². The van der Waals surface area contributed by atoms with Crippen LogP contribution >= 0.6 is 0 Å². The third kappa shape index (κ3) is 2.21. The van der Waals surface area contributed by atoms with E-state index in [9.17, 15) is 20.1 Å². The monoisotopic (exact) mass is 205 g/mol. The summed E-state index contributed by atoms with van der Waals surface area (Å²) in [7, 11) is 0. The zero-order chi connectivity index (χ0) is 10.9. The van der Waals surface area contributed by atoms with Crippen molar-refractivity contribution in [2.45, 2.75) is 44.5 Å². The first-order chi connectivity index (χ1) is 6.43. The first-order valence-corrected chi connectivity index (χ1v) is 4.40. The Kier molecular flexibility index (Phi) is 3.43. The second kappa shape index (κ2) is 4.22. The molecule has 0 aromatic carbocycles. The van der Waals surface area contributed by atoms with Gasteiger partial charge in [-0.3, -0.25) is 4.79 Å². The van der Waals surface area contributed by atoms with Gasteiger partial charge in [0.15, 0.2) is 6.29 Å². The van der Waals surface area contributed by atoms with Crippen molar-refractivity contribution in [3.63, 3.8) is 0 Å². The first kappa shape index (κ1) is 11.4. The van der Waals surface area contributed by atoms with Crippen molar-refractivity contribution in [3.05, 3.63) is 0 Å². The summed E-state index contributed by atoms with van der Waals surface area (Å²) in [6.07, 6.45) is -4.36. The number of rotatable bonds is 1. The fourth-order valence-electron chi connectivity index (χ4n) is 1.46. The van der Waals surface area contributed by atoms with Crippen LogP contribution in [0, 0.1) is 0 Å². The van der Waals surface area contributed by atoms with E-state index < -0.39 is 30.6 Å². The van der Waals surface area contributed by atoms with Crippen LogP contribution in [0.3, 0.4) is 0 Å².